The van der Waals surface area contributed by atoms with Crippen LogP contribution in [0.25, 0.3) is 17.5 Å². The van der Waals surface area contributed by atoms with E-state index in [1.165, 1.54) is 6.08 Å². The predicted molar refractivity (Wildman–Crippen MR) is 113 cm³/mol. The van der Waals surface area contributed by atoms with Crippen molar-refractivity contribution >= 4 is 12.0 Å². The van der Waals surface area contributed by atoms with Crippen LogP contribution in [0.5, 0.6) is 5.75 Å². The van der Waals surface area contributed by atoms with Gasteiger partial charge in [0.05, 0.1) is 25.4 Å². The third-order valence-electron chi connectivity index (χ3n) is 4.41. The lowest BCUT2D eigenvalue weighted by Gasteiger charge is -2.03. The van der Waals surface area contributed by atoms with Crippen LogP contribution in [0.4, 0.5) is 0 Å². The lowest BCUT2D eigenvalue weighted by molar-refractivity contribution is -0.139. The van der Waals surface area contributed by atoms with Crippen LogP contribution in [-0.2, 0) is 22.7 Å². The molecule has 0 N–H and O–H groups in total. The fourth-order valence-electron chi connectivity index (χ4n) is 2.92. The summed E-state index contributed by atoms with van der Waals surface area (Å²) in [7, 11) is 1.57. The number of carbonyl (C=O) groups is 1. The molecular weight excluding hydrogens is 396 g/mol. The zero-order valence-electron chi connectivity index (χ0n) is 16.8. The normalized spacial score (nSPS) is 11.0. The van der Waals surface area contributed by atoms with E-state index in [1.54, 1.807) is 30.1 Å². The zero-order valence-corrected chi connectivity index (χ0v) is 16.8. The van der Waals surface area contributed by atoms with Gasteiger partial charge < -0.3 is 14.0 Å². The minimum atomic E-state index is -0.521. The molecule has 0 amide bonds. The average molecular weight is 416 g/mol. The van der Waals surface area contributed by atoms with Gasteiger partial charge in [-0.25, -0.2) is 4.79 Å². The number of methoxy groups -OCH3 is 1. The van der Waals surface area contributed by atoms with E-state index in [2.05, 4.69) is 15.2 Å². The Morgan fingerprint density at radius 2 is 1.94 bits per heavy atom. The molecule has 0 unspecified atom stereocenters. The maximum absolute atomic E-state index is 12.0. The van der Waals surface area contributed by atoms with Crippen molar-refractivity contribution in [3.63, 3.8) is 0 Å². The number of rotatable bonds is 8. The van der Waals surface area contributed by atoms with E-state index < -0.39 is 5.97 Å². The van der Waals surface area contributed by atoms with Crippen LogP contribution in [0.2, 0.25) is 0 Å². The van der Waals surface area contributed by atoms with Crippen molar-refractivity contribution in [3.8, 4) is 17.1 Å². The van der Waals surface area contributed by atoms with E-state index >= 15 is 0 Å². The predicted octanol–water partition coefficient (Wildman–Crippen LogP) is 3.75. The second-order valence-electron chi connectivity index (χ2n) is 6.61. The minimum absolute atomic E-state index is 0.126. The van der Waals surface area contributed by atoms with E-state index in [0.29, 0.717) is 23.7 Å². The molecule has 4 aromatic rings. The summed E-state index contributed by atoms with van der Waals surface area (Å²) in [5.41, 5.74) is 2.63. The number of aromatic nitrogens is 4. The van der Waals surface area contributed by atoms with Crippen LogP contribution in [0.3, 0.4) is 0 Å². The fourth-order valence-corrected chi connectivity index (χ4v) is 2.92. The van der Waals surface area contributed by atoms with Crippen LogP contribution < -0.4 is 4.74 Å². The Morgan fingerprint density at radius 1 is 1.13 bits per heavy atom. The molecule has 0 fully saturated rings. The van der Waals surface area contributed by atoms with E-state index in [9.17, 15) is 4.79 Å². The van der Waals surface area contributed by atoms with E-state index in [0.717, 1.165) is 11.1 Å². The molecule has 4 rings (SSSR count). The first kappa shape index (κ1) is 20.1. The van der Waals surface area contributed by atoms with Crippen molar-refractivity contribution < 1.29 is 18.8 Å². The highest BCUT2D eigenvalue weighted by Gasteiger charge is 2.13. The quantitative estimate of drug-likeness (QED) is 0.319. The summed E-state index contributed by atoms with van der Waals surface area (Å²) >= 11 is 0. The third-order valence-corrected chi connectivity index (χ3v) is 4.41. The van der Waals surface area contributed by atoms with Gasteiger partial charge in [0.1, 0.15) is 5.75 Å². The standard InChI is InChI=1S/C23H20N4O4/c1-29-20-10-6-5-9-19(20)23-25-21(31-26-23)16-30-22(28)12-11-18-13-24-27(15-18)14-17-7-3-2-4-8-17/h2-13,15H,14,16H2,1H3/b12-11+. The Balaban J connectivity index is 1.31. The molecule has 0 bridgehead atoms. The Kier molecular flexibility index (Phi) is 6.18. The maximum atomic E-state index is 12.0. The first-order valence-electron chi connectivity index (χ1n) is 9.58. The molecule has 31 heavy (non-hydrogen) atoms. The number of hydrogen-bond donors (Lipinski definition) is 0. The smallest absolute Gasteiger partial charge is 0.331 e. The molecule has 0 radical (unpaired) electrons. The van der Waals surface area contributed by atoms with Gasteiger partial charge in [0.2, 0.25) is 5.82 Å². The highest BCUT2D eigenvalue weighted by molar-refractivity contribution is 5.86. The summed E-state index contributed by atoms with van der Waals surface area (Å²) in [5, 5.41) is 8.22. The molecule has 0 saturated heterocycles. The number of carbonyl (C=O) groups excluding carboxylic acids is 1. The van der Waals surface area contributed by atoms with Gasteiger partial charge >= 0.3 is 5.97 Å². The summed E-state index contributed by atoms with van der Waals surface area (Å²) < 4.78 is 17.4. The molecule has 8 nitrogen and oxygen atoms in total. The van der Waals surface area contributed by atoms with Gasteiger partial charge in [-0.1, -0.05) is 47.6 Å². The average Bonchev–Trinajstić information content (AvgIpc) is 3.46. The molecule has 0 atom stereocenters. The monoisotopic (exact) mass is 416 g/mol. The topological polar surface area (TPSA) is 92.3 Å². The number of hydrogen-bond acceptors (Lipinski definition) is 7. The van der Waals surface area contributed by atoms with Crippen LogP contribution in [0.15, 0.2) is 77.6 Å². The summed E-state index contributed by atoms with van der Waals surface area (Å²) in [5.74, 6) is 0.665. The van der Waals surface area contributed by atoms with Crippen molar-refractivity contribution in [2.45, 2.75) is 13.2 Å². The van der Waals surface area contributed by atoms with E-state index in [-0.39, 0.29) is 12.5 Å². The van der Waals surface area contributed by atoms with E-state index in [1.807, 2.05) is 54.7 Å². The second kappa shape index (κ2) is 9.53. The zero-order chi connectivity index (χ0) is 21.5. The van der Waals surface area contributed by atoms with Crippen LogP contribution in [0, 0.1) is 0 Å². The van der Waals surface area contributed by atoms with Gasteiger partial charge in [-0.05, 0) is 23.8 Å². The Hall–Kier alpha value is -4.20. The first-order valence-corrected chi connectivity index (χ1v) is 9.58. The Bertz CT molecular complexity index is 1180. The summed E-state index contributed by atoms with van der Waals surface area (Å²) in [4.78, 5) is 16.3. The molecule has 0 aliphatic heterocycles. The highest BCUT2D eigenvalue weighted by atomic mass is 16.6. The van der Waals surface area contributed by atoms with Gasteiger partial charge in [0.15, 0.2) is 6.61 Å². The highest BCUT2D eigenvalue weighted by Crippen LogP contribution is 2.27. The van der Waals surface area contributed by atoms with Crippen molar-refractivity contribution in [1.29, 1.82) is 0 Å². The molecule has 0 saturated carbocycles. The number of nitrogens with zero attached hydrogens (tertiary/aromatic N) is 4. The Morgan fingerprint density at radius 3 is 2.77 bits per heavy atom. The molecule has 8 heteroatoms. The molecular formula is C23H20N4O4. The number of esters is 1. The maximum Gasteiger partial charge on any atom is 0.331 e. The van der Waals surface area contributed by atoms with Gasteiger partial charge in [0.25, 0.3) is 5.89 Å². The van der Waals surface area contributed by atoms with Crippen LogP contribution >= 0.6 is 0 Å². The van der Waals surface area contributed by atoms with Gasteiger partial charge in [0, 0.05) is 17.8 Å². The molecule has 156 valence electrons. The molecule has 2 heterocycles. The minimum Gasteiger partial charge on any atom is -0.496 e. The van der Waals surface area contributed by atoms with Crippen molar-refractivity contribution in [2.24, 2.45) is 0 Å². The summed E-state index contributed by atoms with van der Waals surface area (Å²) in [6.07, 6.45) is 6.52. The summed E-state index contributed by atoms with van der Waals surface area (Å²) in [6.45, 7) is 0.531. The SMILES string of the molecule is COc1ccccc1-c1noc(COC(=O)/C=C/c2cnn(Cc3ccccc3)c2)n1. The fraction of sp³-hybridized carbons (Fsp3) is 0.130. The number of ether oxygens (including phenoxy) is 2. The van der Waals surface area contributed by atoms with Crippen molar-refractivity contribution in [1.82, 2.24) is 19.9 Å². The van der Waals surface area contributed by atoms with Crippen molar-refractivity contribution in [2.75, 3.05) is 7.11 Å². The molecule has 2 aromatic carbocycles. The van der Waals surface area contributed by atoms with Crippen LogP contribution in [-0.4, -0.2) is 33.0 Å². The third kappa shape index (κ3) is 5.24. The molecule has 0 aliphatic carbocycles. The number of benzene rings is 2. The largest absolute Gasteiger partial charge is 0.496 e. The molecule has 0 aliphatic rings. The van der Waals surface area contributed by atoms with Crippen molar-refractivity contribution in [3.05, 3.63) is 90.1 Å². The number of para-hydroxylation sites is 1. The lowest BCUT2D eigenvalue weighted by Crippen LogP contribution is -2.01. The Labute approximate surface area is 178 Å². The molecule has 2 aromatic heterocycles. The second-order valence-corrected chi connectivity index (χ2v) is 6.61. The van der Waals surface area contributed by atoms with E-state index in [4.69, 9.17) is 14.0 Å². The van der Waals surface area contributed by atoms with Gasteiger partial charge in [-0.3, -0.25) is 4.68 Å². The van der Waals surface area contributed by atoms with Crippen LogP contribution in [0.1, 0.15) is 17.0 Å². The molecule has 0 spiro atoms. The van der Waals surface area contributed by atoms with Gasteiger partial charge in [-0.2, -0.15) is 10.1 Å². The summed E-state index contributed by atoms with van der Waals surface area (Å²) in [6, 6.07) is 17.3. The first-order chi connectivity index (χ1) is 15.2. The van der Waals surface area contributed by atoms with Gasteiger partial charge in [-0.15, -0.1) is 0 Å². The lowest BCUT2D eigenvalue weighted by atomic mass is 10.2.